The van der Waals surface area contributed by atoms with E-state index in [0.717, 1.165) is 0 Å². The summed E-state index contributed by atoms with van der Waals surface area (Å²) >= 11 is 12.7. The van der Waals surface area contributed by atoms with Crippen molar-refractivity contribution >= 4 is 40.9 Å². The van der Waals surface area contributed by atoms with Crippen LogP contribution < -0.4 is 10.1 Å². The third kappa shape index (κ3) is 5.08. The molecule has 0 spiro atoms. The second kappa shape index (κ2) is 9.29. The van der Waals surface area contributed by atoms with Crippen molar-refractivity contribution in [1.29, 1.82) is 0 Å². The number of hydrogen-bond donors (Lipinski definition) is 2. The van der Waals surface area contributed by atoms with Gasteiger partial charge in [-0.05, 0) is 31.4 Å². The first-order valence-corrected chi connectivity index (χ1v) is 9.86. The normalized spacial score (nSPS) is 18.3. The van der Waals surface area contributed by atoms with Crippen molar-refractivity contribution in [2.24, 2.45) is 5.92 Å². The van der Waals surface area contributed by atoms with Gasteiger partial charge in [-0.1, -0.05) is 53.5 Å². The molecule has 2 aromatic rings. The SMILES string of the molecule is O=C(O)CNC(=O)[C@H]1CC[C@H](Oc2ccc(C(=O)c3ccccc3)c(Cl)c2Cl)C1. The number of ether oxygens (including phenoxy) is 1. The lowest BCUT2D eigenvalue weighted by molar-refractivity contribution is -0.138. The van der Waals surface area contributed by atoms with Crippen LogP contribution in [0.25, 0.3) is 0 Å². The highest BCUT2D eigenvalue weighted by Crippen LogP contribution is 2.38. The molecule has 152 valence electrons. The van der Waals surface area contributed by atoms with Gasteiger partial charge in [0.1, 0.15) is 17.3 Å². The zero-order chi connectivity index (χ0) is 21.0. The molecule has 2 atom stereocenters. The molecule has 0 heterocycles. The number of rotatable bonds is 7. The number of hydrogen-bond acceptors (Lipinski definition) is 4. The van der Waals surface area contributed by atoms with Crippen molar-refractivity contribution in [3.05, 3.63) is 63.6 Å². The van der Waals surface area contributed by atoms with E-state index in [9.17, 15) is 14.4 Å². The first kappa shape index (κ1) is 21.1. The van der Waals surface area contributed by atoms with Gasteiger partial charge in [0.2, 0.25) is 5.91 Å². The summed E-state index contributed by atoms with van der Waals surface area (Å²) < 4.78 is 5.91. The van der Waals surface area contributed by atoms with Crippen molar-refractivity contribution in [2.75, 3.05) is 6.54 Å². The molecule has 6 nitrogen and oxygen atoms in total. The summed E-state index contributed by atoms with van der Waals surface area (Å²) in [5, 5.41) is 11.3. The Morgan fingerprint density at radius 2 is 1.76 bits per heavy atom. The monoisotopic (exact) mass is 435 g/mol. The lowest BCUT2D eigenvalue weighted by Crippen LogP contribution is -2.34. The molecule has 1 aliphatic rings. The van der Waals surface area contributed by atoms with Gasteiger partial charge >= 0.3 is 5.97 Å². The Balaban J connectivity index is 1.67. The molecule has 0 unspecified atom stereocenters. The van der Waals surface area contributed by atoms with Gasteiger partial charge in [0.15, 0.2) is 5.78 Å². The summed E-state index contributed by atoms with van der Waals surface area (Å²) in [4.78, 5) is 35.2. The summed E-state index contributed by atoms with van der Waals surface area (Å²) in [7, 11) is 0. The molecule has 0 aliphatic heterocycles. The number of carboxylic acids is 1. The van der Waals surface area contributed by atoms with E-state index < -0.39 is 12.5 Å². The number of benzene rings is 2. The summed E-state index contributed by atoms with van der Waals surface area (Å²) in [6.07, 6.45) is 1.42. The number of carbonyl (C=O) groups excluding carboxylic acids is 2. The van der Waals surface area contributed by atoms with Crippen molar-refractivity contribution in [1.82, 2.24) is 5.32 Å². The van der Waals surface area contributed by atoms with E-state index in [2.05, 4.69) is 5.32 Å². The van der Waals surface area contributed by atoms with E-state index in [-0.39, 0.29) is 39.3 Å². The Labute approximate surface area is 177 Å². The van der Waals surface area contributed by atoms with Crippen molar-refractivity contribution in [3.63, 3.8) is 0 Å². The lowest BCUT2D eigenvalue weighted by atomic mass is 10.0. The molecular formula is C21H19Cl2NO5. The zero-order valence-electron chi connectivity index (χ0n) is 15.4. The van der Waals surface area contributed by atoms with Gasteiger partial charge in [0.05, 0.1) is 11.1 Å². The molecule has 2 aromatic carbocycles. The fourth-order valence-electron chi connectivity index (χ4n) is 3.32. The van der Waals surface area contributed by atoms with Crippen LogP contribution in [0.4, 0.5) is 0 Å². The minimum absolute atomic E-state index is 0.117. The first-order valence-electron chi connectivity index (χ1n) is 9.10. The maximum atomic E-state index is 12.6. The molecule has 0 aromatic heterocycles. The fourth-order valence-corrected chi connectivity index (χ4v) is 3.77. The van der Waals surface area contributed by atoms with E-state index >= 15 is 0 Å². The van der Waals surface area contributed by atoms with Crippen molar-refractivity contribution in [2.45, 2.75) is 25.4 Å². The van der Waals surface area contributed by atoms with Crippen LogP contribution in [0.2, 0.25) is 10.0 Å². The van der Waals surface area contributed by atoms with Crippen LogP contribution >= 0.6 is 23.2 Å². The highest BCUT2D eigenvalue weighted by molar-refractivity contribution is 6.45. The molecule has 1 fully saturated rings. The molecule has 29 heavy (non-hydrogen) atoms. The number of carboxylic acid groups (broad SMARTS) is 1. The third-order valence-electron chi connectivity index (χ3n) is 4.79. The van der Waals surface area contributed by atoms with Crippen molar-refractivity contribution in [3.8, 4) is 5.75 Å². The smallest absolute Gasteiger partial charge is 0.322 e. The summed E-state index contributed by atoms with van der Waals surface area (Å²) in [5.74, 6) is -1.59. The minimum Gasteiger partial charge on any atom is -0.489 e. The lowest BCUT2D eigenvalue weighted by Gasteiger charge is -2.17. The van der Waals surface area contributed by atoms with Gasteiger partial charge in [-0.15, -0.1) is 0 Å². The number of ketones is 1. The molecule has 1 amide bonds. The molecule has 0 bridgehead atoms. The number of carbonyl (C=O) groups is 3. The zero-order valence-corrected chi connectivity index (χ0v) is 16.9. The van der Waals surface area contributed by atoms with Crippen molar-refractivity contribution < 1.29 is 24.2 Å². The second-order valence-electron chi connectivity index (χ2n) is 6.80. The van der Waals surface area contributed by atoms with Crippen LogP contribution in [-0.2, 0) is 9.59 Å². The van der Waals surface area contributed by atoms with Crippen LogP contribution in [0.3, 0.4) is 0 Å². The van der Waals surface area contributed by atoms with Crippen LogP contribution in [-0.4, -0.2) is 35.4 Å². The second-order valence-corrected chi connectivity index (χ2v) is 7.55. The molecule has 2 N–H and O–H groups in total. The Hall–Kier alpha value is -2.57. The molecule has 3 rings (SSSR count). The summed E-state index contributed by atoms with van der Waals surface area (Å²) in [5.41, 5.74) is 0.790. The predicted octanol–water partition coefficient (Wildman–Crippen LogP) is 3.97. The highest BCUT2D eigenvalue weighted by Gasteiger charge is 2.32. The Morgan fingerprint density at radius 3 is 2.45 bits per heavy atom. The van der Waals surface area contributed by atoms with Gasteiger partial charge in [-0.25, -0.2) is 0 Å². The maximum absolute atomic E-state index is 12.6. The number of nitrogens with one attached hydrogen (secondary N) is 1. The molecule has 0 radical (unpaired) electrons. The largest absolute Gasteiger partial charge is 0.489 e. The Kier molecular flexibility index (Phi) is 6.77. The quantitative estimate of drug-likeness (QED) is 0.641. The third-order valence-corrected chi connectivity index (χ3v) is 5.65. The molecule has 8 heteroatoms. The van der Waals surface area contributed by atoms with Gasteiger partial charge in [0, 0.05) is 17.0 Å². The minimum atomic E-state index is -1.09. The van der Waals surface area contributed by atoms with Crippen LogP contribution in [0.1, 0.15) is 35.2 Å². The van der Waals surface area contributed by atoms with Gasteiger partial charge in [-0.3, -0.25) is 14.4 Å². The average molecular weight is 436 g/mol. The van der Waals surface area contributed by atoms with E-state index in [1.54, 1.807) is 36.4 Å². The number of halogens is 2. The van der Waals surface area contributed by atoms with Crippen LogP contribution in [0.15, 0.2) is 42.5 Å². The molecule has 1 saturated carbocycles. The van der Waals surface area contributed by atoms with Crippen LogP contribution in [0, 0.1) is 5.92 Å². The summed E-state index contributed by atoms with van der Waals surface area (Å²) in [6, 6.07) is 11.9. The van der Waals surface area contributed by atoms with Gasteiger partial charge in [0.25, 0.3) is 0 Å². The highest BCUT2D eigenvalue weighted by atomic mass is 35.5. The molecule has 1 aliphatic carbocycles. The van der Waals surface area contributed by atoms with E-state index in [1.807, 2.05) is 6.07 Å². The maximum Gasteiger partial charge on any atom is 0.322 e. The van der Waals surface area contributed by atoms with Gasteiger partial charge < -0.3 is 15.2 Å². The average Bonchev–Trinajstić information content (AvgIpc) is 3.18. The van der Waals surface area contributed by atoms with E-state index in [0.29, 0.717) is 30.6 Å². The first-order chi connectivity index (χ1) is 13.9. The standard InChI is InChI=1S/C21H19Cl2NO5/c22-18-15(20(27)12-4-2-1-3-5-12)8-9-16(19(18)23)29-14-7-6-13(10-14)21(28)24-11-17(25)26/h1-5,8-9,13-14H,6-7,10-11H2,(H,24,28)(H,25,26)/t13-,14-/m0/s1. The van der Waals surface area contributed by atoms with Gasteiger partial charge in [-0.2, -0.15) is 0 Å². The Morgan fingerprint density at radius 1 is 1.03 bits per heavy atom. The molecule has 0 saturated heterocycles. The van der Waals surface area contributed by atoms with Crippen LogP contribution in [0.5, 0.6) is 5.75 Å². The molecular weight excluding hydrogens is 417 g/mol. The number of aliphatic carboxylic acids is 1. The fraction of sp³-hybridized carbons (Fsp3) is 0.286. The van der Waals surface area contributed by atoms with E-state index in [4.69, 9.17) is 33.0 Å². The van der Waals surface area contributed by atoms with E-state index in [1.165, 1.54) is 0 Å². The number of amides is 1. The Bertz CT molecular complexity index is 932. The topological polar surface area (TPSA) is 92.7 Å². The predicted molar refractivity (Wildman–Crippen MR) is 109 cm³/mol. The summed E-state index contributed by atoms with van der Waals surface area (Å²) in [6.45, 7) is -0.404.